The number of aryl methyl sites for hydroxylation is 1. The molecular formula is C14H17BrClN3. The molecule has 0 bridgehead atoms. The number of nitrogens with zero attached hydrogens (tertiary/aromatic N) is 2. The molecule has 1 atom stereocenters. The summed E-state index contributed by atoms with van der Waals surface area (Å²) in [6, 6.07) is 5.97. The fourth-order valence-corrected chi connectivity index (χ4v) is 2.91. The summed E-state index contributed by atoms with van der Waals surface area (Å²) in [6.07, 6.45) is 3.82. The molecule has 0 fully saturated rings. The summed E-state index contributed by atoms with van der Waals surface area (Å²) in [7, 11) is 0. The van der Waals surface area contributed by atoms with Crippen molar-refractivity contribution >= 4 is 27.5 Å². The lowest BCUT2D eigenvalue weighted by Crippen LogP contribution is -2.25. The summed E-state index contributed by atoms with van der Waals surface area (Å²) >= 11 is 9.80. The van der Waals surface area contributed by atoms with E-state index in [4.69, 9.17) is 11.6 Å². The summed E-state index contributed by atoms with van der Waals surface area (Å²) in [4.78, 5) is 4.48. The lowest BCUT2D eigenvalue weighted by atomic mass is 10.1. The van der Waals surface area contributed by atoms with Gasteiger partial charge < -0.3 is 9.88 Å². The second-order valence-electron chi connectivity index (χ2n) is 4.23. The van der Waals surface area contributed by atoms with Crippen molar-refractivity contribution in [1.29, 1.82) is 0 Å². The van der Waals surface area contributed by atoms with Crippen molar-refractivity contribution in [3.8, 4) is 0 Å². The monoisotopic (exact) mass is 341 g/mol. The molecule has 1 heterocycles. The van der Waals surface area contributed by atoms with E-state index in [1.807, 2.05) is 30.6 Å². The zero-order valence-corrected chi connectivity index (χ0v) is 13.4. The predicted molar refractivity (Wildman–Crippen MR) is 82.6 cm³/mol. The Kier molecular flexibility index (Phi) is 5.02. The highest BCUT2D eigenvalue weighted by Crippen LogP contribution is 2.30. The highest BCUT2D eigenvalue weighted by Gasteiger charge is 2.20. The molecule has 0 saturated heterocycles. The van der Waals surface area contributed by atoms with Crippen LogP contribution < -0.4 is 5.32 Å². The van der Waals surface area contributed by atoms with Gasteiger partial charge in [0.05, 0.1) is 6.04 Å². The number of rotatable bonds is 5. The Morgan fingerprint density at radius 3 is 2.84 bits per heavy atom. The van der Waals surface area contributed by atoms with Gasteiger partial charge in [0.15, 0.2) is 0 Å². The first-order chi connectivity index (χ1) is 9.17. The molecule has 1 unspecified atom stereocenters. The fourth-order valence-electron chi connectivity index (χ4n) is 2.13. The Morgan fingerprint density at radius 2 is 2.21 bits per heavy atom. The number of aromatic nitrogens is 2. The van der Waals surface area contributed by atoms with Crippen LogP contribution in [0.3, 0.4) is 0 Å². The quantitative estimate of drug-likeness (QED) is 0.889. The number of nitrogens with one attached hydrogen (secondary N) is 1. The zero-order chi connectivity index (χ0) is 13.8. The third-order valence-corrected chi connectivity index (χ3v) is 3.85. The summed E-state index contributed by atoms with van der Waals surface area (Å²) < 4.78 is 3.11. The van der Waals surface area contributed by atoms with Crippen molar-refractivity contribution in [2.24, 2.45) is 0 Å². The number of benzene rings is 1. The summed E-state index contributed by atoms with van der Waals surface area (Å²) in [5.41, 5.74) is 1.05. The van der Waals surface area contributed by atoms with Crippen LogP contribution in [0.4, 0.5) is 0 Å². The van der Waals surface area contributed by atoms with E-state index < -0.39 is 0 Å². The largest absolute Gasteiger partial charge is 0.334 e. The van der Waals surface area contributed by atoms with Gasteiger partial charge in [-0.2, -0.15) is 0 Å². The van der Waals surface area contributed by atoms with Crippen molar-refractivity contribution < 1.29 is 0 Å². The molecule has 0 saturated carbocycles. The lowest BCUT2D eigenvalue weighted by molar-refractivity contribution is 0.559. The highest BCUT2D eigenvalue weighted by atomic mass is 79.9. The van der Waals surface area contributed by atoms with E-state index in [0.29, 0.717) is 0 Å². The SMILES string of the molecule is CCNC(c1ccc(Br)cc1Cl)c1nccn1CC. The molecule has 0 radical (unpaired) electrons. The molecule has 3 nitrogen and oxygen atoms in total. The number of hydrogen-bond donors (Lipinski definition) is 1. The molecule has 2 aromatic rings. The maximum atomic E-state index is 6.37. The van der Waals surface area contributed by atoms with Crippen molar-refractivity contribution in [3.63, 3.8) is 0 Å². The first-order valence-electron chi connectivity index (χ1n) is 6.36. The molecular weight excluding hydrogens is 326 g/mol. The minimum Gasteiger partial charge on any atom is -0.334 e. The van der Waals surface area contributed by atoms with E-state index in [-0.39, 0.29) is 6.04 Å². The fraction of sp³-hybridized carbons (Fsp3) is 0.357. The third-order valence-electron chi connectivity index (χ3n) is 3.03. The van der Waals surface area contributed by atoms with Crippen LogP contribution >= 0.6 is 27.5 Å². The number of halogens is 2. The summed E-state index contributed by atoms with van der Waals surface area (Å²) in [5, 5.41) is 4.19. The normalized spacial score (nSPS) is 12.6. The second kappa shape index (κ2) is 6.55. The van der Waals surface area contributed by atoms with E-state index in [2.05, 4.69) is 44.6 Å². The topological polar surface area (TPSA) is 29.9 Å². The van der Waals surface area contributed by atoms with Gasteiger partial charge >= 0.3 is 0 Å². The van der Waals surface area contributed by atoms with Gasteiger partial charge in [-0.15, -0.1) is 0 Å². The summed E-state index contributed by atoms with van der Waals surface area (Å²) in [5.74, 6) is 0.994. The van der Waals surface area contributed by atoms with Gasteiger partial charge in [-0.1, -0.05) is 40.5 Å². The van der Waals surface area contributed by atoms with Crippen LogP contribution in [-0.2, 0) is 6.54 Å². The first-order valence-corrected chi connectivity index (χ1v) is 7.53. The van der Waals surface area contributed by atoms with Gasteiger partial charge in [-0.05, 0) is 31.2 Å². The Morgan fingerprint density at radius 1 is 1.42 bits per heavy atom. The van der Waals surface area contributed by atoms with Gasteiger partial charge in [-0.3, -0.25) is 0 Å². The van der Waals surface area contributed by atoms with Gasteiger partial charge in [0.1, 0.15) is 5.82 Å². The lowest BCUT2D eigenvalue weighted by Gasteiger charge is -2.20. The average Bonchev–Trinajstić information content (AvgIpc) is 2.85. The van der Waals surface area contributed by atoms with Crippen molar-refractivity contribution in [1.82, 2.24) is 14.9 Å². The van der Waals surface area contributed by atoms with E-state index in [0.717, 1.165) is 34.0 Å². The third kappa shape index (κ3) is 3.19. The van der Waals surface area contributed by atoms with Crippen LogP contribution in [0.2, 0.25) is 5.02 Å². The maximum absolute atomic E-state index is 6.37. The van der Waals surface area contributed by atoms with Crippen molar-refractivity contribution in [3.05, 3.63) is 51.5 Å². The molecule has 0 amide bonds. The molecule has 1 aromatic carbocycles. The number of hydrogen-bond acceptors (Lipinski definition) is 2. The van der Waals surface area contributed by atoms with Crippen molar-refractivity contribution in [2.45, 2.75) is 26.4 Å². The van der Waals surface area contributed by atoms with Crippen LogP contribution in [0, 0.1) is 0 Å². The molecule has 1 N–H and O–H groups in total. The van der Waals surface area contributed by atoms with E-state index in [1.54, 1.807) is 0 Å². The highest BCUT2D eigenvalue weighted by molar-refractivity contribution is 9.10. The molecule has 0 aliphatic heterocycles. The average molecular weight is 343 g/mol. The molecule has 0 spiro atoms. The molecule has 0 aliphatic carbocycles. The first kappa shape index (κ1) is 14.6. The van der Waals surface area contributed by atoms with Crippen LogP contribution in [0.25, 0.3) is 0 Å². The van der Waals surface area contributed by atoms with Crippen LogP contribution in [0.15, 0.2) is 35.1 Å². The van der Waals surface area contributed by atoms with Gasteiger partial charge in [0, 0.05) is 28.4 Å². The van der Waals surface area contributed by atoms with Crippen LogP contribution in [0.1, 0.15) is 31.3 Å². The maximum Gasteiger partial charge on any atom is 0.130 e. The minimum atomic E-state index is 0.0144. The van der Waals surface area contributed by atoms with Gasteiger partial charge in [0.25, 0.3) is 0 Å². The van der Waals surface area contributed by atoms with Gasteiger partial charge in [-0.25, -0.2) is 4.98 Å². The standard InChI is InChI=1S/C14H17BrClN3/c1-3-17-13(14-18-7-8-19(14)4-2)11-6-5-10(15)9-12(11)16/h5-9,13,17H,3-4H2,1-2H3. The van der Waals surface area contributed by atoms with E-state index in [9.17, 15) is 0 Å². The smallest absolute Gasteiger partial charge is 0.130 e. The Bertz CT molecular complexity index is 553. The van der Waals surface area contributed by atoms with Crippen LogP contribution in [-0.4, -0.2) is 16.1 Å². The molecule has 19 heavy (non-hydrogen) atoms. The number of imidazole rings is 1. The Labute approximate surface area is 127 Å². The Hall–Kier alpha value is -0.840. The van der Waals surface area contributed by atoms with Crippen molar-refractivity contribution in [2.75, 3.05) is 6.54 Å². The second-order valence-corrected chi connectivity index (χ2v) is 5.55. The predicted octanol–water partition coefficient (Wildman–Crippen LogP) is 4.02. The Balaban J connectivity index is 2.45. The van der Waals surface area contributed by atoms with E-state index >= 15 is 0 Å². The minimum absolute atomic E-state index is 0.0144. The zero-order valence-electron chi connectivity index (χ0n) is 11.0. The molecule has 102 valence electrons. The molecule has 1 aromatic heterocycles. The molecule has 5 heteroatoms. The summed E-state index contributed by atoms with van der Waals surface area (Å²) in [6.45, 7) is 5.94. The van der Waals surface area contributed by atoms with E-state index in [1.165, 1.54) is 0 Å². The molecule has 2 rings (SSSR count). The van der Waals surface area contributed by atoms with Gasteiger partial charge in [0.2, 0.25) is 0 Å². The molecule has 0 aliphatic rings. The van der Waals surface area contributed by atoms with Crippen LogP contribution in [0.5, 0.6) is 0 Å².